The Bertz CT molecular complexity index is 422. The highest BCUT2D eigenvalue weighted by Crippen LogP contribution is 2.20. The smallest absolute Gasteiger partial charge is 0.213 e. The third kappa shape index (κ3) is 3.14. The predicted octanol–water partition coefficient (Wildman–Crippen LogP) is 1.51. The number of aliphatic hydroxyl groups excluding tert-OH is 1. The number of methoxy groups -OCH3 is 1. The minimum absolute atomic E-state index is 0.239. The van der Waals surface area contributed by atoms with Crippen LogP contribution in [0.1, 0.15) is 6.42 Å². The van der Waals surface area contributed by atoms with Crippen molar-refractivity contribution < 1.29 is 9.84 Å². The van der Waals surface area contributed by atoms with Crippen LogP contribution in [0.2, 0.25) is 0 Å². The Morgan fingerprint density at radius 2 is 2.44 bits per heavy atom. The Morgan fingerprint density at radius 1 is 1.61 bits per heavy atom. The average Bonchev–Trinajstić information content (AvgIpc) is 2.83. The molecule has 1 saturated heterocycles. The molecule has 0 bridgehead atoms. The molecule has 1 atom stereocenters. The van der Waals surface area contributed by atoms with Gasteiger partial charge in [0, 0.05) is 19.2 Å². The monoisotopic (exact) mass is 267 g/mol. The molecule has 0 unspecified atom stereocenters. The molecule has 5 nitrogen and oxygen atoms in total. The summed E-state index contributed by atoms with van der Waals surface area (Å²) in [5.41, 5.74) is 0.793. The molecule has 0 aliphatic carbocycles. The fraction of sp³-hybridized carbons (Fsp3) is 0.500. The van der Waals surface area contributed by atoms with E-state index in [9.17, 15) is 5.11 Å². The molecular formula is C12H17N3O2S. The fourth-order valence-electron chi connectivity index (χ4n) is 1.83. The van der Waals surface area contributed by atoms with Crippen LogP contribution >= 0.6 is 11.8 Å². The van der Waals surface area contributed by atoms with E-state index in [2.05, 4.69) is 14.9 Å². The Kier molecular flexibility index (Phi) is 4.43. The summed E-state index contributed by atoms with van der Waals surface area (Å²) in [7, 11) is 1.59. The van der Waals surface area contributed by atoms with Gasteiger partial charge in [0.1, 0.15) is 0 Å². The molecule has 2 rings (SSSR count). The van der Waals surface area contributed by atoms with Crippen molar-refractivity contribution in [3.05, 3.63) is 18.3 Å². The summed E-state index contributed by atoms with van der Waals surface area (Å²) in [5.74, 6) is 0.580. The highest BCUT2D eigenvalue weighted by Gasteiger charge is 2.22. The summed E-state index contributed by atoms with van der Waals surface area (Å²) in [6.07, 6.45) is 4.24. The Hall–Kier alpha value is -1.27. The van der Waals surface area contributed by atoms with Gasteiger partial charge in [-0.3, -0.25) is 0 Å². The van der Waals surface area contributed by atoms with Crippen LogP contribution in [0.3, 0.4) is 0 Å². The first-order valence-electron chi connectivity index (χ1n) is 5.78. The molecule has 0 amide bonds. The highest BCUT2D eigenvalue weighted by molar-refractivity contribution is 8.13. The molecule has 18 heavy (non-hydrogen) atoms. The maximum absolute atomic E-state index is 9.54. The lowest BCUT2D eigenvalue weighted by Gasteiger charge is -2.18. The van der Waals surface area contributed by atoms with E-state index in [-0.39, 0.29) is 6.10 Å². The first kappa shape index (κ1) is 13.2. The molecule has 1 aliphatic heterocycles. The van der Waals surface area contributed by atoms with Crippen molar-refractivity contribution in [3.63, 3.8) is 0 Å². The summed E-state index contributed by atoms with van der Waals surface area (Å²) in [5, 5.41) is 10.5. The molecule has 0 saturated carbocycles. The zero-order chi connectivity index (χ0) is 13.0. The van der Waals surface area contributed by atoms with Gasteiger partial charge in [-0.25, -0.2) is 9.98 Å². The number of rotatable bonds is 2. The quantitative estimate of drug-likeness (QED) is 0.650. The lowest BCUT2D eigenvalue weighted by atomic mass is 10.3. The fourth-order valence-corrected chi connectivity index (χ4v) is 2.45. The normalized spacial score (nSPS) is 20.3. The number of hydrogen-bond donors (Lipinski definition) is 1. The second-order valence-corrected chi connectivity index (χ2v) is 4.82. The van der Waals surface area contributed by atoms with Crippen LogP contribution in [0.4, 0.5) is 5.69 Å². The van der Waals surface area contributed by atoms with E-state index in [4.69, 9.17) is 4.74 Å². The van der Waals surface area contributed by atoms with E-state index in [1.54, 1.807) is 31.1 Å². The second-order valence-electron chi connectivity index (χ2n) is 4.05. The lowest BCUT2D eigenvalue weighted by Crippen LogP contribution is -2.26. The summed E-state index contributed by atoms with van der Waals surface area (Å²) in [6.45, 7) is 1.51. The van der Waals surface area contributed by atoms with Crippen LogP contribution < -0.4 is 4.74 Å². The molecule has 0 radical (unpaired) electrons. The minimum atomic E-state index is -0.239. The van der Waals surface area contributed by atoms with Gasteiger partial charge in [0.05, 0.1) is 25.1 Å². The summed E-state index contributed by atoms with van der Waals surface area (Å²) in [6, 6.07) is 3.66. The SMILES string of the molecule is COc1ccc(N=C(SC)N2CC[C@H](O)C2)cn1. The number of β-amino-alcohol motifs (C(OH)–C–C–N with tert-alkyl or cyclic N) is 1. The largest absolute Gasteiger partial charge is 0.481 e. The Morgan fingerprint density at radius 3 is 2.94 bits per heavy atom. The van der Waals surface area contributed by atoms with Crippen molar-refractivity contribution in [1.82, 2.24) is 9.88 Å². The number of nitrogens with zero attached hydrogens (tertiary/aromatic N) is 3. The lowest BCUT2D eigenvalue weighted by molar-refractivity contribution is 0.188. The number of ether oxygens (including phenoxy) is 1. The molecule has 1 aromatic heterocycles. The van der Waals surface area contributed by atoms with Gasteiger partial charge in [-0.2, -0.15) is 0 Å². The van der Waals surface area contributed by atoms with Crippen molar-refractivity contribution in [2.45, 2.75) is 12.5 Å². The Balaban J connectivity index is 2.12. The first-order valence-corrected chi connectivity index (χ1v) is 7.01. The number of aliphatic imine (C=N–C) groups is 1. The minimum Gasteiger partial charge on any atom is -0.481 e. The molecule has 0 aromatic carbocycles. The zero-order valence-corrected chi connectivity index (χ0v) is 11.4. The molecule has 0 spiro atoms. The third-order valence-electron chi connectivity index (χ3n) is 2.77. The van der Waals surface area contributed by atoms with Crippen LogP contribution in [-0.4, -0.2) is 52.7 Å². The first-order chi connectivity index (χ1) is 8.72. The molecule has 1 aliphatic rings. The zero-order valence-electron chi connectivity index (χ0n) is 10.5. The van der Waals surface area contributed by atoms with Crippen LogP contribution in [-0.2, 0) is 0 Å². The van der Waals surface area contributed by atoms with Crippen molar-refractivity contribution in [2.75, 3.05) is 26.5 Å². The molecular weight excluding hydrogens is 250 g/mol. The van der Waals surface area contributed by atoms with Gasteiger partial charge >= 0.3 is 0 Å². The van der Waals surface area contributed by atoms with Gasteiger partial charge in [0.25, 0.3) is 0 Å². The number of hydrogen-bond acceptors (Lipinski definition) is 5. The highest BCUT2D eigenvalue weighted by atomic mass is 32.2. The van der Waals surface area contributed by atoms with Crippen molar-refractivity contribution in [1.29, 1.82) is 0 Å². The van der Waals surface area contributed by atoms with Gasteiger partial charge in [-0.1, -0.05) is 11.8 Å². The van der Waals surface area contributed by atoms with E-state index in [0.717, 1.165) is 23.8 Å². The molecule has 2 heterocycles. The van der Waals surface area contributed by atoms with Gasteiger partial charge in [-0.05, 0) is 18.7 Å². The van der Waals surface area contributed by atoms with Crippen LogP contribution in [0.15, 0.2) is 23.3 Å². The van der Waals surface area contributed by atoms with E-state index >= 15 is 0 Å². The van der Waals surface area contributed by atoms with E-state index in [0.29, 0.717) is 12.4 Å². The standard InChI is InChI=1S/C12H17N3O2S/c1-17-11-4-3-9(7-13-11)14-12(18-2)15-6-5-10(16)8-15/h3-4,7,10,16H,5-6,8H2,1-2H3/t10-/m0/s1. The third-order valence-corrected chi connectivity index (χ3v) is 3.49. The van der Waals surface area contributed by atoms with Gasteiger partial charge in [0.15, 0.2) is 5.17 Å². The van der Waals surface area contributed by atoms with E-state index < -0.39 is 0 Å². The Labute approximate surface area is 111 Å². The van der Waals surface area contributed by atoms with E-state index in [1.165, 1.54) is 0 Å². The second kappa shape index (κ2) is 6.06. The number of aliphatic hydroxyl groups is 1. The van der Waals surface area contributed by atoms with Crippen LogP contribution in [0, 0.1) is 0 Å². The maximum Gasteiger partial charge on any atom is 0.213 e. The van der Waals surface area contributed by atoms with Crippen molar-refractivity contribution in [2.24, 2.45) is 4.99 Å². The molecule has 1 aromatic rings. The number of pyridine rings is 1. The molecule has 1 fully saturated rings. The summed E-state index contributed by atoms with van der Waals surface area (Å²) < 4.78 is 5.01. The van der Waals surface area contributed by atoms with Crippen molar-refractivity contribution >= 4 is 22.6 Å². The van der Waals surface area contributed by atoms with Gasteiger partial charge in [0.2, 0.25) is 5.88 Å². The van der Waals surface area contributed by atoms with Crippen molar-refractivity contribution in [3.8, 4) is 5.88 Å². The molecule has 98 valence electrons. The van der Waals surface area contributed by atoms with Crippen LogP contribution in [0.5, 0.6) is 5.88 Å². The van der Waals surface area contributed by atoms with Gasteiger partial charge in [-0.15, -0.1) is 0 Å². The molecule has 1 N–H and O–H groups in total. The summed E-state index contributed by atoms with van der Waals surface area (Å²) in [4.78, 5) is 10.8. The topological polar surface area (TPSA) is 58.0 Å². The van der Waals surface area contributed by atoms with E-state index in [1.807, 2.05) is 12.3 Å². The van der Waals surface area contributed by atoms with Crippen LogP contribution in [0.25, 0.3) is 0 Å². The number of aromatic nitrogens is 1. The number of likely N-dealkylation sites (tertiary alicyclic amines) is 1. The summed E-state index contributed by atoms with van der Waals surface area (Å²) >= 11 is 1.58. The predicted molar refractivity (Wildman–Crippen MR) is 73.6 cm³/mol. The number of amidine groups is 1. The average molecular weight is 267 g/mol. The maximum atomic E-state index is 9.54. The number of thioether (sulfide) groups is 1. The molecule has 6 heteroatoms. The van der Waals surface area contributed by atoms with Gasteiger partial charge < -0.3 is 14.7 Å².